The largest absolute Gasteiger partial charge is 0.474 e. The summed E-state index contributed by atoms with van der Waals surface area (Å²) in [6.07, 6.45) is 9.31. The van der Waals surface area contributed by atoms with E-state index in [0.717, 1.165) is 18.4 Å². The van der Waals surface area contributed by atoms with E-state index in [-0.39, 0.29) is 0 Å². The van der Waals surface area contributed by atoms with Gasteiger partial charge in [0.1, 0.15) is 6.10 Å². The number of halogens is 2. The van der Waals surface area contributed by atoms with E-state index in [1.54, 1.807) is 6.20 Å². The molecule has 1 saturated carbocycles. The quantitative estimate of drug-likeness (QED) is 0.594. The third-order valence-electron chi connectivity index (χ3n) is 3.14. The molecule has 2 rings (SSSR count). The Balaban J connectivity index is 2.01. The fourth-order valence-electron chi connectivity index (χ4n) is 2.16. The van der Waals surface area contributed by atoms with Crippen molar-refractivity contribution in [2.24, 2.45) is 0 Å². The summed E-state index contributed by atoms with van der Waals surface area (Å²) in [6.45, 7) is 0. The average Bonchev–Trinajstić information content (AvgIpc) is 2.60. The first-order valence-corrected chi connectivity index (χ1v) is 7.08. The summed E-state index contributed by atoms with van der Waals surface area (Å²) in [4.78, 5) is 4.20. The van der Waals surface area contributed by atoms with Crippen LogP contribution in [-0.4, -0.2) is 11.1 Å². The van der Waals surface area contributed by atoms with E-state index >= 15 is 0 Å². The van der Waals surface area contributed by atoms with Gasteiger partial charge in [0.05, 0.1) is 5.02 Å². The highest BCUT2D eigenvalue weighted by Gasteiger charge is 2.14. The Morgan fingerprint density at radius 2 is 1.94 bits per heavy atom. The smallest absolute Gasteiger partial charge is 0.213 e. The lowest BCUT2D eigenvalue weighted by Gasteiger charge is -2.16. The second kappa shape index (κ2) is 6.46. The molecular formula is C13H17Cl2NO. The van der Waals surface area contributed by atoms with Gasteiger partial charge in [-0.05, 0) is 31.2 Å². The molecule has 0 aliphatic heterocycles. The number of ether oxygens (including phenoxy) is 1. The number of hydrogen-bond donors (Lipinski definition) is 0. The molecule has 1 aromatic heterocycles. The molecule has 0 unspecified atom stereocenters. The molecule has 4 heteroatoms. The molecule has 0 radical (unpaired) electrons. The lowest BCUT2D eigenvalue weighted by Crippen LogP contribution is -2.15. The van der Waals surface area contributed by atoms with E-state index in [1.165, 1.54) is 25.7 Å². The van der Waals surface area contributed by atoms with Crippen LogP contribution >= 0.6 is 23.2 Å². The van der Waals surface area contributed by atoms with E-state index in [4.69, 9.17) is 27.9 Å². The van der Waals surface area contributed by atoms with Gasteiger partial charge in [0.25, 0.3) is 0 Å². The minimum absolute atomic E-state index is 0.300. The molecule has 0 spiro atoms. The van der Waals surface area contributed by atoms with Gasteiger partial charge in [0.2, 0.25) is 5.88 Å². The van der Waals surface area contributed by atoms with Crippen molar-refractivity contribution in [3.05, 3.63) is 22.8 Å². The summed E-state index contributed by atoms with van der Waals surface area (Å²) in [6, 6.07) is 1.85. The maximum atomic E-state index is 5.96. The van der Waals surface area contributed by atoms with E-state index in [2.05, 4.69) is 4.98 Å². The van der Waals surface area contributed by atoms with E-state index in [1.807, 2.05) is 6.07 Å². The van der Waals surface area contributed by atoms with Crippen molar-refractivity contribution >= 4 is 23.2 Å². The van der Waals surface area contributed by atoms with E-state index in [9.17, 15) is 0 Å². The molecule has 0 bridgehead atoms. The molecule has 1 aromatic rings. The summed E-state index contributed by atoms with van der Waals surface area (Å²) >= 11 is 11.8. The SMILES string of the molecule is ClCc1cc(OC2CCCCCC2)ncc1Cl. The van der Waals surface area contributed by atoms with Gasteiger partial charge >= 0.3 is 0 Å². The minimum Gasteiger partial charge on any atom is -0.474 e. The fraction of sp³-hybridized carbons (Fsp3) is 0.615. The Morgan fingerprint density at radius 3 is 2.59 bits per heavy atom. The number of rotatable bonds is 3. The molecular weight excluding hydrogens is 257 g/mol. The van der Waals surface area contributed by atoms with Crippen LogP contribution in [0.5, 0.6) is 5.88 Å². The van der Waals surface area contributed by atoms with E-state index < -0.39 is 0 Å². The predicted octanol–water partition coefficient (Wildman–Crippen LogP) is 4.58. The number of aromatic nitrogens is 1. The molecule has 1 aliphatic rings. The standard InChI is InChI=1S/C13H17Cl2NO/c14-8-10-7-13(16-9-12(10)15)17-11-5-3-1-2-4-6-11/h7,9,11H,1-6,8H2. The van der Waals surface area contributed by atoms with Gasteiger partial charge in [-0.15, -0.1) is 11.6 Å². The molecule has 94 valence electrons. The third-order valence-corrected chi connectivity index (χ3v) is 3.77. The highest BCUT2D eigenvalue weighted by atomic mass is 35.5. The first kappa shape index (κ1) is 13.0. The zero-order valence-corrected chi connectivity index (χ0v) is 11.3. The fourth-order valence-corrected chi connectivity index (χ4v) is 2.62. The van der Waals surface area contributed by atoms with Gasteiger partial charge in [-0.1, -0.05) is 24.4 Å². The van der Waals surface area contributed by atoms with Crippen molar-refractivity contribution in [1.29, 1.82) is 0 Å². The van der Waals surface area contributed by atoms with Gasteiger partial charge in [0, 0.05) is 18.1 Å². The molecule has 0 amide bonds. The second-order valence-corrected chi connectivity index (χ2v) is 5.15. The Morgan fingerprint density at radius 1 is 1.24 bits per heavy atom. The summed E-state index contributed by atoms with van der Waals surface area (Å²) in [5.74, 6) is 1.04. The molecule has 0 N–H and O–H groups in total. The molecule has 1 heterocycles. The van der Waals surface area contributed by atoms with Gasteiger partial charge in [0.15, 0.2) is 0 Å². The van der Waals surface area contributed by atoms with Crippen molar-refractivity contribution in [3.8, 4) is 5.88 Å². The van der Waals surface area contributed by atoms with Gasteiger partial charge < -0.3 is 4.74 Å². The number of nitrogens with zero attached hydrogens (tertiary/aromatic N) is 1. The summed E-state index contributed by atoms with van der Waals surface area (Å²) in [5.41, 5.74) is 0.881. The molecule has 0 aromatic carbocycles. The normalized spacial score (nSPS) is 17.8. The lowest BCUT2D eigenvalue weighted by atomic mass is 10.1. The van der Waals surface area contributed by atoms with E-state index in [0.29, 0.717) is 22.9 Å². The zero-order chi connectivity index (χ0) is 12.1. The van der Waals surface area contributed by atoms with Crippen LogP contribution in [0.25, 0.3) is 0 Å². The van der Waals surface area contributed by atoms with Gasteiger partial charge in [-0.2, -0.15) is 0 Å². The molecule has 2 nitrogen and oxygen atoms in total. The summed E-state index contributed by atoms with van der Waals surface area (Å²) < 4.78 is 5.90. The van der Waals surface area contributed by atoms with Crippen LogP contribution in [0.15, 0.2) is 12.3 Å². The minimum atomic E-state index is 0.300. The van der Waals surface area contributed by atoms with Crippen molar-refractivity contribution in [1.82, 2.24) is 4.98 Å². The number of alkyl halides is 1. The first-order valence-electron chi connectivity index (χ1n) is 6.16. The van der Waals surface area contributed by atoms with Crippen molar-refractivity contribution in [2.45, 2.75) is 50.5 Å². The topological polar surface area (TPSA) is 22.1 Å². The molecule has 0 atom stereocenters. The maximum Gasteiger partial charge on any atom is 0.213 e. The third kappa shape index (κ3) is 3.75. The predicted molar refractivity (Wildman–Crippen MR) is 70.9 cm³/mol. The molecule has 1 aliphatic carbocycles. The number of pyridine rings is 1. The molecule has 1 fully saturated rings. The molecule has 17 heavy (non-hydrogen) atoms. The second-order valence-electron chi connectivity index (χ2n) is 4.48. The van der Waals surface area contributed by atoms with Crippen LogP contribution < -0.4 is 4.74 Å². The average molecular weight is 274 g/mol. The zero-order valence-electron chi connectivity index (χ0n) is 9.79. The Kier molecular flexibility index (Phi) is 4.93. The summed E-state index contributed by atoms with van der Waals surface area (Å²) in [5, 5.41) is 0.605. The van der Waals surface area contributed by atoms with Gasteiger partial charge in [-0.3, -0.25) is 0 Å². The van der Waals surface area contributed by atoms with Crippen LogP contribution in [0.3, 0.4) is 0 Å². The van der Waals surface area contributed by atoms with Crippen LogP contribution in [0.2, 0.25) is 5.02 Å². The highest BCUT2D eigenvalue weighted by Crippen LogP contribution is 2.25. The van der Waals surface area contributed by atoms with Crippen LogP contribution in [-0.2, 0) is 5.88 Å². The van der Waals surface area contributed by atoms with Crippen molar-refractivity contribution in [2.75, 3.05) is 0 Å². The Bertz CT molecular complexity index is 362. The maximum absolute atomic E-state index is 5.96. The monoisotopic (exact) mass is 273 g/mol. The summed E-state index contributed by atoms with van der Waals surface area (Å²) in [7, 11) is 0. The Hall–Kier alpha value is -0.470. The molecule has 0 saturated heterocycles. The Labute approximate surface area is 112 Å². The lowest BCUT2D eigenvalue weighted by molar-refractivity contribution is 0.176. The van der Waals surface area contributed by atoms with Crippen LogP contribution in [0.1, 0.15) is 44.1 Å². The van der Waals surface area contributed by atoms with Crippen LogP contribution in [0, 0.1) is 0 Å². The first-order chi connectivity index (χ1) is 8.29. The van der Waals surface area contributed by atoms with Crippen LogP contribution in [0.4, 0.5) is 0 Å². The van der Waals surface area contributed by atoms with Crippen molar-refractivity contribution < 1.29 is 4.74 Å². The number of hydrogen-bond acceptors (Lipinski definition) is 2. The highest BCUT2D eigenvalue weighted by molar-refractivity contribution is 6.32. The van der Waals surface area contributed by atoms with Crippen molar-refractivity contribution in [3.63, 3.8) is 0 Å². The van der Waals surface area contributed by atoms with Gasteiger partial charge in [-0.25, -0.2) is 4.98 Å².